The maximum Gasteiger partial charge on any atom is 0.323 e. The highest BCUT2D eigenvalue weighted by molar-refractivity contribution is 6.31. The van der Waals surface area contributed by atoms with Crippen molar-refractivity contribution in [3.63, 3.8) is 0 Å². The molecular formula is C27H23ClN6O3. The molecule has 0 radical (unpaired) electrons. The van der Waals surface area contributed by atoms with Crippen molar-refractivity contribution in [2.45, 2.75) is 13.5 Å². The van der Waals surface area contributed by atoms with Crippen LogP contribution in [0.5, 0.6) is 11.6 Å². The number of carbonyl (C=O) groups is 1. The molecule has 5 aromatic rings. The molecule has 37 heavy (non-hydrogen) atoms. The number of carbonyl (C=O) groups excluding carboxylic acids is 1. The third-order valence-electron chi connectivity index (χ3n) is 5.51. The molecule has 10 heteroatoms. The molecule has 5 rings (SSSR count). The van der Waals surface area contributed by atoms with E-state index in [1.54, 1.807) is 36.7 Å². The summed E-state index contributed by atoms with van der Waals surface area (Å²) in [6.07, 6.45) is 7.14. The van der Waals surface area contributed by atoms with Gasteiger partial charge in [0.15, 0.2) is 0 Å². The Morgan fingerprint density at radius 3 is 2.78 bits per heavy atom. The van der Waals surface area contributed by atoms with Gasteiger partial charge in [-0.05, 0) is 55.0 Å². The first-order valence-electron chi connectivity index (χ1n) is 11.4. The lowest BCUT2D eigenvalue weighted by molar-refractivity contribution is 0.262. The smallest absolute Gasteiger partial charge is 0.323 e. The second kappa shape index (κ2) is 10.5. The molecule has 0 saturated heterocycles. The summed E-state index contributed by atoms with van der Waals surface area (Å²) < 4.78 is 13.2. The summed E-state index contributed by atoms with van der Waals surface area (Å²) in [6.45, 7) is 2.26. The summed E-state index contributed by atoms with van der Waals surface area (Å²) in [5, 5.41) is 6.08. The Labute approximate surface area is 218 Å². The standard InChI is InChI=1S/C27H23ClN6O3/c1-17-12-18(8-9-29-17)16-37-26-25-30-10-11-34(25)15-23(32-26)19-4-3-5-21(13-19)31-27(35)33-22-14-20(28)6-7-24(22)36-2/h3-15H,16H2,1-2H3,(H2,31,33,35). The van der Waals surface area contributed by atoms with Gasteiger partial charge in [0.25, 0.3) is 5.88 Å². The van der Waals surface area contributed by atoms with E-state index in [2.05, 4.69) is 20.6 Å². The van der Waals surface area contributed by atoms with Gasteiger partial charge in [-0.15, -0.1) is 0 Å². The van der Waals surface area contributed by atoms with Crippen LogP contribution in [0.15, 0.2) is 79.4 Å². The Morgan fingerprint density at radius 2 is 1.95 bits per heavy atom. The molecule has 0 aliphatic heterocycles. The number of methoxy groups -OCH3 is 1. The molecule has 186 valence electrons. The normalized spacial score (nSPS) is 10.8. The van der Waals surface area contributed by atoms with Crippen LogP contribution in [-0.4, -0.2) is 32.5 Å². The van der Waals surface area contributed by atoms with E-state index in [-0.39, 0.29) is 0 Å². The number of ether oxygens (including phenoxy) is 2. The molecule has 2 N–H and O–H groups in total. The monoisotopic (exact) mass is 514 g/mol. The molecule has 2 amide bonds. The Balaban J connectivity index is 1.37. The highest BCUT2D eigenvalue weighted by Crippen LogP contribution is 2.29. The molecule has 9 nitrogen and oxygen atoms in total. The number of imidazole rings is 1. The van der Waals surface area contributed by atoms with Gasteiger partial charge in [0.2, 0.25) is 5.65 Å². The number of nitrogens with one attached hydrogen (secondary N) is 2. The summed E-state index contributed by atoms with van der Waals surface area (Å²) in [7, 11) is 1.52. The molecule has 0 atom stereocenters. The number of aromatic nitrogens is 4. The van der Waals surface area contributed by atoms with Gasteiger partial charge in [0, 0.05) is 46.8 Å². The van der Waals surface area contributed by atoms with Gasteiger partial charge < -0.3 is 24.5 Å². The van der Waals surface area contributed by atoms with E-state index < -0.39 is 6.03 Å². The lowest BCUT2D eigenvalue weighted by Gasteiger charge is -2.13. The summed E-state index contributed by atoms with van der Waals surface area (Å²) in [4.78, 5) is 26.0. The Kier molecular flexibility index (Phi) is 6.87. The van der Waals surface area contributed by atoms with Crippen LogP contribution in [-0.2, 0) is 6.61 Å². The molecule has 0 spiro atoms. The van der Waals surface area contributed by atoms with Gasteiger partial charge in [-0.3, -0.25) is 4.98 Å². The van der Waals surface area contributed by atoms with Crippen LogP contribution < -0.4 is 20.1 Å². The van der Waals surface area contributed by atoms with Crippen LogP contribution >= 0.6 is 11.6 Å². The summed E-state index contributed by atoms with van der Waals surface area (Å²) in [6, 6.07) is 15.8. The van der Waals surface area contributed by atoms with E-state index in [0.29, 0.717) is 46.0 Å². The third kappa shape index (κ3) is 5.62. The Morgan fingerprint density at radius 1 is 1.05 bits per heavy atom. The average molecular weight is 515 g/mol. The molecule has 3 heterocycles. The summed E-state index contributed by atoms with van der Waals surface area (Å²) in [5.41, 5.74) is 5.00. The predicted octanol–water partition coefficient (Wildman–Crippen LogP) is 5.98. The van der Waals surface area contributed by atoms with Crippen molar-refractivity contribution >= 4 is 34.7 Å². The number of rotatable bonds is 7. The fourth-order valence-corrected chi connectivity index (χ4v) is 3.98. The first-order chi connectivity index (χ1) is 18.0. The maximum atomic E-state index is 12.7. The second-order valence-electron chi connectivity index (χ2n) is 8.19. The van der Waals surface area contributed by atoms with Gasteiger partial charge in [0.05, 0.1) is 18.5 Å². The van der Waals surface area contributed by atoms with Crippen molar-refractivity contribution in [3.8, 4) is 22.9 Å². The molecule has 2 aromatic carbocycles. The number of urea groups is 1. The first-order valence-corrected chi connectivity index (χ1v) is 11.8. The van der Waals surface area contributed by atoms with Gasteiger partial charge >= 0.3 is 6.03 Å². The summed E-state index contributed by atoms with van der Waals surface area (Å²) >= 11 is 6.06. The van der Waals surface area contributed by atoms with Crippen molar-refractivity contribution < 1.29 is 14.3 Å². The van der Waals surface area contributed by atoms with Gasteiger partial charge in [0.1, 0.15) is 12.4 Å². The van der Waals surface area contributed by atoms with Crippen LogP contribution in [0.2, 0.25) is 5.02 Å². The van der Waals surface area contributed by atoms with Crippen molar-refractivity contribution in [1.82, 2.24) is 19.4 Å². The van der Waals surface area contributed by atoms with E-state index in [1.807, 2.05) is 54.0 Å². The number of pyridine rings is 1. The molecular weight excluding hydrogens is 492 g/mol. The topological polar surface area (TPSA) is 103 Å². The highest BCUT2D eigenvalue weighted by Gasteiger charge is 2.13. The van der Waals surface area contributed by atoms with Crippen molar-refractivity contribution in [2.75, 3.05) is 17.7 Å². The van der Waals surface area contributed by atoms with Gasteiger partial charge in [-0.25, -0.2) is 14.8 Å². The number of hydrogen-bond donors (Lipinski definition) is 2. The number of halogens is 1. The van der Waals surface area contributed by atoms with E-state index in [0.717, 1.165) is 16.8 Å². The molecule has 0 saturated carbocycles. The zero-order valence-electron chi connectivity index (χ0n) is 20.1. The zero-order chi connectivity index (χ0) is 25.8. The second-order valence-corrected chi connectivity index (χ2v) is 8.62. The zero-order valence-corrected chi connectivity index (χ0v) is 20.9. The minimum Gasteiger partial charge on any atom is -0.495 e. The lowest BCUT2D eigenvalue weighted by atomic mass is 10.1. The Hall–Kier alpha value is -4.63. The fraction of sp³-hybridized carbons (Fsp3) is 0.111. The van der Waals surface area contributed by atoms with Crippen LogP contribution in [0.25, 0.3) is 16.9 Å². The minimum atomic E-state index is -0.438. The SMILES string of the molecule is COc1ccc(Cl)cc1NC(=O)Nc1cccc(-c2cn3ccnc3c(OCc3ccnc(C)c3)n2)c1. The number of benzene rings is 2. The number of anilines is 2. The quantitative estimate of drug-likeness (QED) is 0.277. The van der Waals surface area contributed by atoms with Crippen LogP contribution in [0.4, 0.5) is 16.2 Å². The average Bonchev–Trinajstić information content (AvgIpc) is 3.37. The van der Waals surface area contributed by atoms with Crippen LogP contribution in [0.1, 0.15) is 11.3 Å². The molecule has 0 bridgehead atoms. The van der Waals surface area contributed by atoms with Crippen molar-refractivity contribution in [1.29, 1.82) is 0 Å². The minimum absolute atomic E-state index is 0.330. The number of nitrogens with zero attached hydrogens (tertiary/aromatic N) is 4. The van der Waals surface area contributed by atoms with Crippen LogP contribution in [0.3, 0.4) is 0 Å². The number of hydrogen-bond acceptors (Lipinski definition) is 6. The number of amides is 2. The van der Waals surface area contributed by atoms with Gasteiger partial charge in [-0.1, -0.05) is 23.7 Å². The van der Waals surface area contributed by atoms with E-state index in [1.165, 1.54) is 7.11 Å². The molecule has 0 aliphatic carbocycles. The number of fused-ring (bicyclic) bond motifs is 1. The first kappa shape index (κ1) is 24.1. The number of aryl methyl sites for hydroxylation is 1. The third-order valence-corrected chi connectivity index (χ3v) is 5.74. The lowest BCUT2D eigenvalue weighted by Crippen LogP contribution is -2.19. The largest absolute Gasteiger partial charge is 0.495 e. The molecule has 0 aliphatic rings. The Bertz CT molecular complexity index is 1590. The molecule has 0 fully saturated rings. The van der Waals surface area contributed by atoms with Crippen molar-refractivity contribution in [3.05, 3.63) is 95.7 Å². The van der Waals surface area contributed by atoms with Gasteiger partial charge in [-0.2, -0.15) is 0 Å². The van der Waals surface area contributed by atoms with E-state index in [4.69, 9.17) is 26.1 Å². The molecule has 3 aromatic heterocycles. The highest BCUT2D eigenvalue weighted by atomic mass is 35.5. The van der Waals surface area contributed by atoms with Crippen LogP contribution in [0, 0.1) is 6.92 Å². The molecule has 0 unspecified atom stereocenters. The summed E-state index contributed by atoms with van der Waals surface area (Å²) in [5.74, 6) is 0.904. The van der Waals surface area contributed by atoms with E-state index in [9.17, 15) is 4.79 Å². The fourth-order valence-electron chi connectivity index (χ4n) is 3.80. The van der Waals surface area contributed by atoms with E-state index >= 15 is 0 Å². The maximum absolute atomic E-state index is 12.7. The predicted molar refractivity (Wildman–Crippen MR) is 142 cm³/mol. The van der Waals surface area contributed by atoms with Crippen molar-refractivity contribution in [2.24, 2.45) is 0 Å².